The minimum absolute atomic E-state index is 0.250. The van der Waals surface area contributed by atoms with E-state index in [1.165, 1.54) is 10.6 Å². The van der Waals surface area contributed by atoms with Gasteiger partial charge in [0.25, 0.3) is 11.8 Å². The fourth-order valence-corrected chi connectivity index (χ4v) is 4.90. The maximum atomic E-state index is 12.8. The van der Waals surface area contributed by atoms with Crippen LogP contribution in [0.2, 0.25) is 0 Å². The molecule has 1 unspecified atom stereocenters. The molecule has 3 aliphatic rings. The molecule has 8 heteroatoms. The molecule has 1 saturated carbocycles. The van der Waals surface area contributed by atoms with Crippen LogP contribution in [-0.2, 0) is 16.6 Å². The third-order valence-corrected chi connectivity index (χ3v) is 6.32. The lowest BCUT2D eigenvalue weighted by Gasteiger charge is -2.30. The first-order valence-corrected chi connectivity index (χ1v) is 9.92. The van der Waals surface area contributed by atoms with Crippen LogP contribution >= 0.6 is 0 Å². The number of likely N-dealkylation sites (tertiary alicyclic amines) is 1. The van der Waals surface area contributed by atoms with Crippen LogP contribution in [0.1, 0.15) is 56.7 Å². The summed E-state index contributed by atoms with van der Waals surface area (Å²) in [6.07, 6.45) is 8.33. The fraction of sp³-hybridized carbons (Fsp3) is 0.632. The van der Waals surface area contributed by atoms with Crippen LogP contribution < -0.4 is 15.6 Å². The van der Waals surface area contributed by atoms with Crippen LogP contribution in [0.25, 0.3) is 0 Å². The van der Waals surface area contributed by atoms with Gasteiger partial charge in [0.15, 0.2) is 6.54 Å². The first-order valence-electron chi connectivity index (χ1n) is 9.92. The second kappa shape index (κ2) is 6.99. The maximum absolute atomic E-state index is 12.8. The average molecular weight is 374 g/mol. The fourth-order valence-electron chi connectivity index (χ4n) is 4.90. The summed E-state index contributed by atoms with van der Waals surface area (Å²) < 4.78 is 2.10. The number of amides is 4. The Balaban J connectivity index is 1.40. The second-order valence-corrected chi connectivity index (χ2v) is 8.07. The van der Waals surface area contributed by atoms with Gasteiger partial charge >= 0.3 is 6.03 Å². The molecular formula is C19H28N5O3+. The molecule has 1 aromatic heterocycles. The molecule has 2 aliphatic heterocycles. The summed E-state index contributed by atoms with van der Waals surface area (Å²) in [6, 6.07) is 3.87. The van der Waals surface area contributed by atoms with Gasteiger partial charge in [0.2, 0.25) is 0 Å². The van der Waals surface area contributed by atoms with Crippen molar-refractivity contribution in [2.45, 2.75) is 56.5 Å². The van der Waals surface area contributed by atoms with E-state index >= 15 is 0 Å². The molecule has 3 fully saturated rings. The first kappa shape index (κ1) is 18.0. The van der Waals surface area contributed by atoms with Crippen molar-refractivity contribution in [3.05, 3.63) is 24.0 Å². The summed E-state index contributed by atoms with van der Waals surface area (Å²) >= 11 is 0. The van der Waals surface area contributed by atoms with E-state index in [9.17, 15) is 14.4 Å². The molecule has 3 heterocycles. The number of imide groups is 1. The average Bonchev–Trinajstić information content (AvgIpc) is 3.32. The third-order valence-electron chi connectivity index (χ3n) is 6.32. The summed E-state index contributed by atoms with van der Waals surface area (Å²) in [6.45, 7) is 1.16. The topological polar surface area (TPSA) is 87.9 Å². The van der Waals surface area contributed by atoms with Gasteiger partial charge in [0.05, 0.1) is 12.2 Å². The van der Waals surface area contributed by atoms with Crippen molar-refractivity contribution in [1.82, 2.24) is 20.3 Å². The summed E-state index contributed by atoms with van der Waals surface area (Å²) in [5.41, 5.74) is 2.97. The Morgan fingerprint density at radius 1 is 1.30 bits per heavy atom. The highest BCUT2D eigenvalue weighted by atomic mass is 16.2. The minimum Gasteiger partial charge on any atom is -0.350 e. The lowest BCUT2D eigenvalue weighted by atomic mass is 9.82. The van der Waals surface area contributed by atoms with Gasteiger partial charge in [0.1, 0.15) is 11.6 Å². The van der Waals surface area contributed by atoms with Gasteiger partial charge in [-0.25, -0.2) is 4.79 Å². The van der Waals surface area contributed by atoms with Crippen LogP contribution in [0.3, 0.4) is 0 Å². The van der Waals surface area contributed by atoms with Crippen LogP contribution in [0.4, 0.5) is 4.79 Å². The monoisotopic (exact) mass is 374 g/mol. The molecule has 0 aromatic carbocycles. The number of hydrogen-bond donors (Lipinski definition) is 3. The van der Waals surface area contributed by atoms with Crippen molar-refractivity contribution in [3.8, 4) is 0 Å². The molecule has 4 rings (SSSR count). The predicted octanol–water partition coefficient (Wildman–Crippen LogP) is 0.0308. The number of hydrogen-bond acceptors (Lipinski definition) is 3. The van der Waals surface area contributed by atoms with Crippen LogP contribution in [-0.4, -0.2) is 46.0 Å². The maximum Gasteiger partial charge on any atom is 0.344 e. The SMILES string of the molecule is Cn1cccc1[C@H]1CCC[NH+]1CC(=O)NN1C(=O)NC2(CCCCC2)C1=O. The van der Waals surface area contributed by atoms with E-state index in [1.54, 1.807) is 0 Å². The highest BCUT2D eigenvalue weighted by Gasteiger charge is 2.52. The van der Waals surface area contributed by atoms with Gasteiger partial charge in [-0.1, -0.05) is 19.3 Å². The van der Waals surface area contributed by atoms with Gasteiger partial charge in [-0.2, -0.15) is 5.01 Å². The number of urea groups is 1. The van der Waals surface area contributed by atoms with Crippen molar-refractivity contribution in [2.24, 2.45) is 7.05 Å². The molecule has 0 bridgehead atoms. The zero-order valence-corrected chi connectivity index (χ0v) is 15.8. The zero-order valence-electron chi connectivity index (χ0n) is 15.8. The van der Waals surface area contributed by atoms with Crippen molar-refractivity contribution in [1.29, 1.82) is 0 Å². The normalized spacial score (nSPS) is 27.2. The number of hydrazine groups is 1. The molecule has 4 amide bonds. The number of carbonyl (C=O) groups excluding carboxylic acids is 3. The number of carbonyl (C=O) groups is 3. The Bertz CT molecular complexity index is 752. The summed E-state index contributed by atoms with van der Waals surface area (Å²) in [5, 5.41) is 3.72. The van der Waals surface area contributed by atoms with Crippen molar-refractivity contribution < 1.29 is 19.3 Å². The highest BCUT2D eigenvalue weighted by Crippen LogP contribution is 2.32. The molecular weight excluding hydrogens is 346 g/mol. The van der Waals surface area contributed by atoms with Gasteiger partial charge in [-0.05, 0) is 25.0 Å². The number of rotatable bonds is 4. The van der Waals surface area contributed by atoms with E-state index in [2.05, 4.69) is 21.4 Å². The molecule has 1 aromatic rings. The van der Waals surface area contributed by atoms with E-state index in [0.717, 1.165) is 43.7 Å². The van der Waals surface area contributed by atoms with Crippen LogP contribution in [0.15, 0.2) is 18.3 Å². The van der Waals surface area contributed by atoms with E-state index in [0.29, 0.717) is 12.8 Å². The summed E-state index contributed by atoms with van der Waals surface area (Å²) in [5.74, 6) is -0.599. The Kier molecular flexibility index (Phi) is 4.67. The molecule has 2 atom stereocenters. The summed E-state index contributed by atoms with van der Waals surface area (Å²) in [4.78, 5) is 38.9. The summed E-state index contributed by atoms with van der Waals surface area (Å²) in [7, 11) is 2.02. The van der Waals surface area contributed by atoms with E-state index in [-0.39, 0.29) is 24.4 Å². The molecule has 0 radical (unpaired) electrons. The Morgan fingerprint density at radius 3 is 2.78 bits per heavy atom. The van der Waals surface area contributed by atoms with E-state index in [1.807, 2.05) is 19.3 Å². The molecule has 1 spiro atoms. The van der Waals surface area contributed by atoms with Gasteiger partial charge in [0, 0.05) is 26.1 Å². The quantitative estimate of drug-likeness (QED) is 0.650. The molecule has 1 aliphatic carbocycles. The van der Waals surface area contributed by atoms with Crippen molar-refractivity contribution in [3.63, 3.8) is 0 Å². The number of aromatic nitrogens is 1. The van der Waals surface area contributed by atoms with Gasteiger partial charge < -0.3 is 14.8 Å². The molecule has 2 saturated heterocycles. The minimum atomic E-state index is -0.811. The second-order valence-electron chi connectivity index (χ2n) is 8.07. The van der Waals surface area contributed by atoms with E-state index < -0.39 is 11.6 Å². The number of quaternary nitrogens is 1. The highest BCUT2D eigenvalue weighted by molar-refractivity contribution is 6.08. The lowest BCUT2D eigenvalue weighted by Crippen LogP contribution is -3.11. The molecule has 146 valence electrons. The molecule has 27 heavy (non-hydrogen) atoms. The predicted molar refractivity (Wildman–Crippen MR) is 97.4 cm³/mol. The third kappa shape index (κ3) is 3.22. The molecule has 8 nitrogen and oxygen atoms in total. The standard InChI is InChI=1S/C19H27N5O3/c1-22-11-5-7-14(22)15-8-6-12-23(15)13-16(25)21-24-17(26)19(20-18(24)27)9-3-2-4-10-19/h5,7,11,15H,2-4,6,8-10,12-13H2,1H3,(H,20,27)(H,21,25)/p+1/t15-/m1/s1. The number of nitrogens with zero attached hydrogens (tertiary/aromatic N) is 2. The van der Waals surface area contributed by atoms with Gasteiger partial charge in [-0.15, -0.1) is 0 Å². The smallest absolute Gasteiger partial charge is 0.344 e. The lowest BCUT2D eigenvalue weighted by molar-refractivity contribution is -0.911. The number of nitrogens with one attached hydrogen (secondary N) is 3. The van der Waals surface area contributed by atoms with E-state index in [4.69, 9.17) is 0 Å². The van der Waals surface area contributed by atoms with Crippen LogP contribution in [0, 0.1) is 0 Å². The Morgan fingerprint density at radius 2 is 2.07 bits per heavy atom. The van der Waals surface area contributed by atoms with Crippen LogP contribution in [0.5, 0.6) is 0 Å². The molecule has 3 N–H and O–H groups in total. The zero-order chi connectivity index (χ0) is 19.0. The Hall–Kier alpha value is -2.35. The largest absolute Gasteiger partial charge is 0.350 e. The van der Waals surface area contributed by atoms with Gasteiger partial charge in [-0.3, -0.25) is 15.0 Å². The van der Waals surface area contributed by atoms with Crippen molar-refractivity contribution in [2.75, 3.05) is 13.1 Å². The number of aryl methyl sites for hydroxylation is 1. The Labute approximate surface area is 158 Å². The first-order chi connectivity index (χ1) is 13.0. The van der Waals surface area contributed by atoms with Crippen molar-refractivity contribution >= 4 is 17.8 Å².